The van der Waals surface area contributed by atoms with Gasteiger partial charge in [-0.25, -0.2) is 4.98 Å². The van der Waals surface area contributed by atoms with Crippen molar-refractivity contribution in [1.29, 1.82) is 0 Å². The van der Waals surface area contributed by atoms with Crippen molar-refractivity contribution >= 4 is 27.5 Å². The molecule has 7 heteroatoms. The standard InChI is InChI=1S/C13H19BrClNO4/c1-17-2-3-18-4-5-19-6-7-20-13-11(9-15)8-12(14)10-16-13/h8,10H,2-7,9H2,1H3. The lowest BCUT2D eigenvalue weighted by Crippen LogP contribution is -2.13. The summed E-state index contributed by atoms with van der Waals surface area (Å²) >= 11 is 9.17. The smallest absolute Gasteiger partial charge is 0.217 e. The van der Waals surface area contributed by atoms with Crippen LogP contribution in [0.1, 0.15) is 5.56 Å². The lowest BCUT2D eigenvalue weighted by molar-refractivity contribution is 0.0176. The number of halogens is 2. The van der Waals surface area contributed by atoms with Crippen molar-refractivity contribution < 1.29 is 18.9 Å². The number of hydrogen-bond donors (Lipinski definition) is 0. The normalized spacial score (nSPS) is 10.8. The van der Waals surface area contributed by atoms with E-state index < -0.39 is 0 Å². The highest BCUT2D eigenvalue weighted by Gasteiger charge is 2.05. The number of aromatic nitrogens is 1. The molecule has 0 saturated carbocycles. The summed E-state index contributed by atoms with van der Waals surface area (Å²) < 4.78 is 21.9. The second kappa shape index (κ2) is 11.3. The molecule has 114 valence electrons. The second-order valence-corrected chi connectivity index (χ2v) is 5.00. The van der Waals surface area contributed by atoms with Gasteiger partial charge in [0.05, 0.1) is 38.9 Å². The number of ether oxygens (including phenoxy) is 4. The van der Waals surface area contributed by atoms with Crippen molar-refractivity contribution in [3.05, 3.63) is 22.3 Å². The lowest BCUT2D eigenvalue weighted by atomic mass is 10.3. The van der Waals surface area contributed by atoms with Crippen molar-refractivity contribution in [1.82, 2.24) is 4.98 Å². The molecule has 1 aromatic rings. The Labute approximate surface area is 132 Å². The Hall–Kier alpha value is -0.400. The molecule has 0 radical (unpaired) electrons. The van der Waals surface area contributed by atoms with E-state index in [9.17, 15) is 0 Å². The maximum atomic E-state index is 5.83. The van der Waals surface area contributed by atoms with Crippen LogP contribution in [0, 0.1) is 0 Å². The quantitative estimate of drug-likeness (QED) is 0.444. The first-order chi connectivity index (χ1) is 9.77. The Morgan fingerprint density at radius 2 is 1.75 bits per heavy atom. The van der Waals surface area contributed by atoms with Crippen LogP contribution in [0.15, 0.2) is 16.7 Å². The van der Waals surface area contributed by atoms with Crippen LogP contribution >= 0.6 is 27.5 Å². The van der Waals surface area contributed by atoms with Gasteiger partial charge in [-0.3, -0.25) is 0 Å². The van der Waals surface area contributed by atoms with Gasteiger partial charge in [0.1, 0.15) is 6.61 Å². The Morgan fingerprint density at radius 3 is 2.40 bits per heavy atom. The van der Waals surface area contributed by atoms with Gasteiger partial charge >= 0.3 is 0 Å². The molecule has 0 aliphatic heterocycles. The van der Waals surface area contributed by atoms with Crippen LogP contribution in [-0.2, 0) is 20.1 Å². The van der Waals surface area contributed by atoms with Gasteiger partial charge < -0.3 is 18.9 Å². The molecule has 0 aliphatic carbocycles. The van der Waals surface area contributed by atoms with E-state index in [1.807, 2.05) is 6.07 Å². The van der Waals surface area contributed by atoms with E-state index >= 15 is 0 Å². The summed E-state index contributed by atoms with van der Waals surface area (Å²) in [5.41, 5.74) is 0.851. The third kappa shape index (κ3) is 7.40. The van der Waals surface area contributed by atoms with Gasteiger partial charge in [0.15, 0.2) is 0 Å². The Kier molecular flexibility index (Phi) is 9.96. The molecule has 0 saturated heterocycles. The van der Waals surface area contributed by atoms with Crippen LogP contribution in [0.4, 0.5) is 0 Å². The Morgan fingerprint density at radius 1 is 1.10 bits per heavy atom. The van der Waals surface area contributed by atoms with Crippen LogP contribution in [0.25, 0.3) is 0 Å². The zero-order chi connectivity index (χ0) is 14.6. The highest BCUT2D eigenvalue weighted by molar-refractivity contribution is 9.10. The molecule has 0 N–H and O–H groups in total. The molecule has 0 fully saturated rings. The predicted octanol–water partition coefficient (Wildman–Crippen LogP) is 2.64. The first-order valence-electron chi connectivity index (χ1n) is 6.25. The number of nitrogens with zero attached hydrogens (tertiary/aromatic N) is 1. The van der Waals surface area contributed by atoms with E-state index in [0.717, 1.165) is 10.0 Å². The largest absolute Gasteiger partial charge is 0.475 e. The first-order valence-corrected chi connectivity index (χ1v) is 7.58. The molecule has 0 amide bonds. The van der Waals surface area contributed by atoms with Crippen molar-refractivity contribution in [3.8, 4) is 5.88 Å². The lowest BCUT2D eigenvalue weighted by Gasteiger charge is -2.09. The number of hydrogen-bond acceptors (Lipinski definition) is 5. The van der Waals surface area contributed by atoms with Crippen molar-refractivity contribution in [2.45, 2.75) is 5.88 Å². The minimum Gasteiger partial charge on any atom is -0.475 e. The molecular weight excluding hydrogens is 350 g/mol. The van der Waals surface area contributed by atoms with E-state index in [1.165, 1.54) is 0 Å². The van der Waals surface area contributed by atoms with Crippen LogP contribution < -0.4 is 4.74 Å². The van der Waals surface area contributed by atoms with Crippen LogP contribution in [0.5, 0.6) is 5.88 Å². The van der Waals surface area contributed by atoms with E-state index in [1.54, 1.807) is 13.3 Å². The number of methoxy groups -OCH3 is 1. The minimum atomic E-state index is 0.357. The van der Waals surface area contributed by atoms with Crippen molar-refractivity contribution in [2.75, 3.05) is 46.8 Å². The minimum absolute atomic E-state index is 0.357. The monoisotopic (exact) mass is 367 g/mol. The van der Waals surface area contributed by atoms with E-state index in [-0.39, 0.29) is 0 Å². The summed E-state index contributed by atoms with van der Waals surface area (Å²) in [4.78, 5) is 4.17. The third-order valence-electron chi connectivity index (χ3n) is 2.31. The van der Waals surface area contributed by atoms with Gasteiger partial charge in [-0.05, 0) is 22.0 Å². The summed E-state index contributed by atoms with van der Waals surface area (Å²) in [7, 11) is 1.64. The molecule has 0 atom stereocenters. The molecule has 0 spiro atoms. The van der Waals surface area contributed by atoms with E-state index in [0.29, 0.717) is 51.4 Å². The molecule has 20 heavy (non-hydrogen) atoms. The zero-order valence-electron chi connectivity index (χ0n) is 11.4. The molecule has 0 aliphatic rings. The van der Waals surface area contributed by atoms with E-state index in [2.05, 4.69) is 20.9 Å². The molecule has 5 nitrogen and oxygen atoms in total. The third-order valence-corrected chi connectivity index (χ3v) is 3.03. The van der Waals surface area contributed by atoms with Crippen LogP contribution in [-0.4, -0.2) is 51.7 Å². The van der Waals surface area contributed by atoms with Crippen LogP contribution in [0.2, 0.25) is 0 Å². The van der Waals surface area contributed by atoms with Gasteiger partial charge in [-0.2, -0.15) is 0 Å². The topological polar surface area (TPSA) is 49.8 Å². The Bertz CT molecular complexity index is 381. The summed E-state index contributed by atoms with van der Waals surface area (Å²) in [5, 5.41) is 0. The fourth-order valence-corrected chi connectivity index (χ4v) is 1.93. The number of alkyl halides is 1. The van der Waals surface area contributed by atoms with Crippen molar-refractivity contribution in [3.63, 3.8) is 0 Å². The fraction of sp³-hybridized carbons (Fsp3) is 0.615. The highest BCUT2D eigenvalue weighted by Crippen LogP contribution is 2.21. The molecule has 0 unspecified atom stereocenters. The van der Waals surface area contributed by atoms with Gasteiger partial charge in [-0.1, -0.05) is 0 Å². The van der Waals surface area contributed by atoms with Gasteiger partial charge in [-0.15, -0.1) is 11.6 Å². The molecule has 0 bridgehead atoms. The summed E-state index contributed by atoms with van der Waals surface area (Å²) in [6.45, 7) is 3.16. The predicted molar refractivity (Wildman–Crippen MR) is 80.5 cm³/mol. The number of pyridine rings is 1. The van der Waals surface area contributed by atoms with Gasteiger partial charge in [0.2, 0.25) is 5.88 Å². The zero-order valence-corrected chi connectivity index (χ0v) is 13.8. The summed E-state index contributed by atoms with van der Waals surface area (Å²) in [6, 6.07) is 1.89. The Balaban J connectivity index is 2.09. The second-order valence-electron chi connectivity index (χ2n) is 3.82. The molecular formula is C13H19BrClNO4. The fourth-order valence-electron chi connectivity index (χ4n) is 1.36. The average Bonchev–Trinajstić information content (AvgIpc) is 2.46. The van der Waals surface area contributed by atoms with Gasteiger partial charge in [0.25, 0.3) is 0 Å². The van der Waals surface area contributed by atoms with E-state index in [4.69, 9.17) is 30.5 Å². The number of rotatable bonds is 11. The maximum absolute atomic E-state index is 5.83. The van der Waals surface area contributed by atoms with Gasteiger partial charge in [0, 0.05) is 23.3 Å². The average molecular weight is 369 g/mol. The van der Waals surface area contributed by atoms with Crippen LogP contribution in [0.3, 0.4) is 0 Å². The summed E-state index contributed by atoms with van der Waals surface area (Å²) in [6.07, 6.45) is 1.68. The highest BCUT2D eigenvalue weighted by atomic mass is 79.9. The maximum Gasteiger partial charge on any atom is 0.217 e. The molecule has 0 aromatic carbocycles. The molecule has 1 aromatic heterocycles. The van der Waals surface area contributed by atoms with Crippen molar-refractivity contribution in [2.24, 2.45) is 0 Å². The SMILES string of the molecule is COCCOCCOCCOc1ncc(Br)cc1CCl. The first kappa shape index (κ1) is 17.7. The summed E-state index contributed by atoms with van der Waals surface area (Å²) in [5.74, 6) is 0.902. The molecule has 1 rings (SSSR count). The molecule has 1 heterocycles.